The van der Waals surface area contributed by atoms with Crippen LogP contribution in [0.1, 0.15) is 28.5 Å². The van der Waals surface area contributed by atoms with Gasteiger partial charge in [0.05, 0.1) is 0 Å². The van der Waals surface area contributed by atoms with Crippen molar-refractivity contribution in [2.45, 2.75) is 20.3 Å². The van der Waals surface area contributed by atoms with Crippen molar-refractivity contribution < 1.29 is 9.90 Å². The summed E-state index contributed by atoms with van der Waals surface area (Å²) in [7, 11) is 0. The molecule has 3 heteroatoms. The fraction of sp³-hybridized carbons (Fsp3) is 0.250. The minimum Gasteiger partial charge on any atom is -0.477 e. The van der Waals surface area contributed by atoms with E-state index in [0.717, 1.165) is 28.5 Å². The minimum absolute atomic E-state index is 0.297. The van der Waals surface area contributed by atoms with Crippen molar-refractivity contribution in [2.75, 3.05) is 0 Å². The van der Waals surface area contributed by atoms with Gasteiger partial charge in [-0.3, -0.25) is 0 Å². The Labute approximate surface area is 87.7 Å². The lowest BCUT2D eigenvalue weighted by molar-refractivity contribution is 0.0691. The molecule has 1 heterocycles. The van der Waals surface area contributed by atoms with Crippen molar-refractivity contribution in [2.24, 2.45) is 0 Å². The predicted octanol–water partition coefficient (Wildman–Crippen LogP) is 2.74. The molecule has 0 aliphatic carbocycles. The number of H-pyrrole nitrogens is 1. The summed E-state index contributed by atoms with van der Waals surface area (Å²) in [6.45, 7) is 3.90. The monoisotopic (exact) mass is 203 g/mol. The first kappa shape index (κ1) is 9.77. The number of fused-ring (bicyclic) bond motifs is 1. The molecule has 0 amide bonds. The minimum atomic E-state index is -0.897. The van der Waals surface area contributed by atoms with Gasteiger partial charge in [0, 0.05) is 10.9 Å². The van der Waals surface area contributed by atoms with Crippen LogP contribution in [0.3, 0.4) is 0 Å². The summed E-state index contributed by atoms with van der Waals surface area (Å²) in [5.74, 6) is -0.897. The molecule has 3 nitrogen and oxygen atoms in total. The number of carboxylic acid groups (broad SMARTS) is 1. The smallest absolute Gasteiger partial charge is 0.352 e. The highest BCUT2D eigenvalue weighted by atomic mass is 16.4. The second-order valence-electron chi connectivity index (χ2n) is 3.62. The van der Waals surface area contributed by atoms with Gasteiger partial charge in [0.1, 0.15) is 5.69 Å². The van der Waals surface area contributed by atoms with E-state index in [-0.39, 0.29) is 0 Å². The number of aromatic amines is 1. The number of aryl methyl sites for hydroxylation is 2. The van der Waals surface area contributed by atoms with Crippen molar-refractivity contribution in [3.8, 4) is 0 Å². The number of aromatic nitrogens is 1. The third-order valence-electron chi connectivity index (χ3n) is 2.77. The topological polar surface area (TPSA) is 53.1 Å². The predicted molar refractivity (Wildman–Crippen MR) is 59.4 cm³/mol. The summed E-state index contributed by atoms with van der Waals surface area (Å²) in [6.07, 6.45) is 0.899. The first-order valence-corrected chi connectivity index (χ1v) is 4.98. The normalized spacial score (nSPS) is 10.8. The maximum atomic E-state index is 11.0. The van der Waals surface area contributed by atoms with Crippen LogP contribution in [0.5, 0.6) is 0 Å². The molecular weight excluding hydrogens is 190 g/mol. The second kappa shape index (κ2) is 3.42. The first-order valence-electron chi connectivity index (χ1n) is 4.98. The van der Waals surface area contributed by atoms with Crippen molar-refractivity contribution in [3.05, 3.63) is 35.0 Å². The number of nitrogens with one attached hydrogen (secondary N) is 1. The molecule has 0 aliphatic rings. The Balaban J connectivity index is 2.81. The van der Waals surface area contributed by atoms with Gasteiger partial charge < -0.3 is 10.1 Å². The highest BCUT2D eigenvalue weighted by Gasteiger charge is 2.14. The van der Waals surface area contributed by atoms with Crippen molar-refractivity contribution in [3.63, 3.8) is 0 Å². The number of para-hydroxylation sites is 1. The van der Waals surface area contributed by atoms with Crippen LogP contribution in [0.4, 0.5) is 0 Å². The van der Waals surface area contributed by atoms with Crippen molar-refractivity contribution in [1.82, 2.24) is 4.98 Å². The number of carbonyl (C=O) groups is 1. The number of aromatic carboxylic acids is 1. The Hall–Kier alpha value is -1.77. The van der Waals surface area contributed by atoms with Crippen LogP contribution in [0.25, 0.3) is 10.9 Å². The third-order valence-corrected chi connectivity index (χ3v) is 2.77. The summed E-state index contributed by atoms with van der Waals surface area (Å²) in [6, 6.07) is 5.93. The second-order valence-corrected chi connectivity index (χ2v) is 3.62. The fourth-order valence-electron chi connectivity index (χ4n) is 1.92. The number of hydrogen-bond acceptors (Lipinski definition) is 1. The number of hydrogen-bond donors (Lipinski definition) is 2. The zero-order chi connectivity index (χ0) is 11.0. The van der Waals surface area contributed by atoms with Gasteiger partial charge in [-0.2, -0.15) is 0 Å². The van der Waals surface area contributed by atoms with E-state index in [1.54, 1.807) is 0 Å². The van der Waals surface area contributed by atoms with E-state index in [4.69, 9.17) is 5.11 Å². The third kappa shape index (κ3) is 1.40. The molecule has 0 unspecified atom stereocenters. The molecule has 1 aromatic carbocycles. The summed E-state index contributed by atoms with van der Waals surface area (Å²) < 4.78 is 0. The molecule has 0 saturated carbocycles. The quantitative estimate of drug-likeness (QED) is 0.788. The first-order chi connectivity index (χ1) is 7.15. The van der Waals surface area contributed by atoms with Gasteiger partial charge in [0.15, 0.2) is 0 Å². The molecule has 0 bridgehead atoms. The van der Waals surface area contributed by atoms with Gasteiger partial charge in [-0.05, 0) is 24.5 Å². The van der Waals surface area contributed by atoms with Gasteiger partial charge >= 0.3 is 5.97 Å². The fourth-order valence-corrected chi connectivity index (χ4v) is 1.92. The van der Waals surface area contributed by atoms with E-state index >= 15 is 0 Å². The molecule has 2 rings (SSSR count). The van der Waals surface area contributed by atoms with Crippen LogP contribution < -0.4 is 0 Å². The maximum Gasteiger partial charge on any atom is 0.352 e. The lowest BCUT2D eigenvalue weighted by Gasteiger charge is -1.98. The van der Waals surface area contributed by atoms with E-state index in [0.29, 0.717) is 5.69 Å². The zero-order valence-electron chi connectivity index (χ0n) is 8.79. The Morgan fingerprint density at radius 2 is 2.20 bits per heavy atom. The maximum absolute atomic E-state index is 11.0. The van der Waals surface area contributed by atoms with E-state index in [9.17, 15) is 4.79 Å². The highest BCUT2D eigenvalue weighted by molar-refractivity contribution is 5.98. The average Bonchev–Trinajstić information content (AvgIpc) is 2.56. The standard InChI is InChI=1S/C12H13NO2/c1-3-8-5-4-6-9-7(2)10(12(14)15)13-11(8)9/h4-6,13H,3H2,1-2H3,(H,14,15). The summed E-state index contributed by atoms with van der Waals surface area (Å²) in [5, 5.41) is 10.0. The summed E-state index contributed by atoms with van der Waals surface area (Å²) >= 11 is 0. The molecular formula is C12H13NO2. The summed E-state index contributed by atoms with van der Waals surface area (Å²) in [5.41, 5.74) is 3.22. The van der Waals surface area contributed by atoms with E-state index in [1.165, 1.54) is 0 Å². The number of benzene rings is 1. The molecule has 0 radical (unpaired) electrons. The van der Waals surface area contributed by atoms with Gasteiger partial charge in [0.25, 0.3) is 0 Å². The molecule has 2 aromatic rings. The molecule has 0 atom stereocenters. The van der Waals surface area contributed by atoms with E-state index in [1.807, 2.05) is 25.1 Å². The van der Waals surface area contributed by atoms with Crippen LogP contribution in [0, 0.1) is 6.92 Å². The lowest BCUT2D eigenvalue weighted by atomic mass is 10.1. The summed E-state index contributed by atoms with van der Waals surface area (Å²) in [4.78, 5) is 13.9. The average molecular weight is 203 g/mol. The van der Waals surface area contributed by atoms with Gasteiger partial charge in [-0.25, -0.2) is 4.79 Å². The van der Waals surface area contributed by atoms with Gasteiger partial charge in [-0.15, -0.1) is 0 Å². The van der Waals surface area contributed by atoms with Crippen LogP contribution in [-0.2, 0) is 6.42 Å². The Morgan fingerprint density at radius 3 is 2.80 bits per heavy atom. The Bertz CT molecular complexity index is 526. The van der Waals surface area contributed by atoms with Crippen LogP contribution >= 0.6 is 0 Å². The molecule has 0 aliphatic heterocycles. The molecule has 78 valence electrons. The molecule has 2 N–H and O–H groups in total. The zero-order valence-corrected chi connectivity index (χ0v) is 8.79. The molecule has 0 spiro atoms. The number of carboxylic acids is 1. The molecule has 0 saturated heterocycles. The van der Waals surface area contributed by atoms with Crippen molar-refractivity contribution in [1.29, 1.82) is 0 Å². The van der Waals surface area contributed by atoms with Crippen LogP contribution in [0.15, 0.2) is 18.2 Å². The lowest BCUT2D eigenvalue weighted by Crippen LogP contribution is -1.98. The molecule has 15 heavy (non-hydrogen) atoms. The van der Waals surface area contributed by atoms with Crippen LogP contribution in [0.2, 0.25) is 0 Å². The number of rotatable bonds is 2. The largest absolute Gasteiger partial charge is 0.477 e. The highest BCUT2D eigenvalue weighted by Crippen LogP contribution is 2.24. The van der Waals surface area contributed by atoms with E-state index < -0.39 is 5.97 Å². The molecule has 1 aromatic heterocycles. The Kier molecular flexibility index (Phi) is 2.23. The Morgan fingerprint density at radius 1 is 1.47 bits per heavy atom. The van der Waals surface area contributed by atoms with Crippen molar-refractivity contribution >= 4 is 16.9 Å². The SMILES string of the molecule is CCc1cccc2c(C)c(C(=O)O)[nH]c12. The van der Waals surface area contributed by atoms with Gasteiger partial charge in [0.2, 0.25) is 0 Å². The molecule has 0 fully saturated rings. The van der Waals surface area contributed by atoms with Crippen LogP contribution in [-0.4, -0.2) is 16.1 Å². The van der Waals surface area contributed by atoms with Gasteiger partial charge in [-0.1, -0.05) is 25.1 Å². The van der Waals surface area contributed by atoms with E-state index in [2.05, 4.69) is 11.9 Å².